The number of thiophene rings is 1. The number of hydrogen-bond donors (Lipinski definition) is 2. The molecule has 0 radical (unpaired) electrons. The maximum absolute atomic E-state index is 11.7. The number of nitrogens with zero attached hydrogens (tertiary/aromatic N) is 1. The van der Waals surface area contributed by atoms with Gasteiger partial charge in [0.05, 0.1) is 10.5 Å². The summed E-state index contributed by atoms with van der Waals surface area (Å²) in [6.45, 7) is 0. The molecule has 2 rings (SSSR count). The molecule has 2 amide bonds. The van der Waals surface area contributed by atoms with Crippen molar-refractivity contribution in [1.29, 1.82) is 0 Å². The van der Waals surface area contributed by atoms with Crippen LogP contribution in [-0.2, 0) is 11.2 Å². The van der Waals surface area contributed by atoms with Crippen molar-refractivity contribution in [1.82, 2.24) is 4.98 Å². The number of nitrogens with two attached hydrogens (primary N) is 1. The minimum Gasteiger partial charge on any atom is -0.365 e. The lowest BCUT2D eigenvalue weighted by atomic mass is 10.2. The molecule has 0 spiro atoms. The Bertz CT molecular complexity index is 609. The van der Waals surface area contributed by atoms with E-state index in [0.29, 0.717) is 27.2 Å². The number of thiazole rings is 1. The molecule has 2 heterocycles. The molecule has 3 N–H and O–H groups in total. The zero-order valence-electron chi connectivity index (χ0n) is 9.68. The van der Waals surface area contributed by atoms with Gasteiger partial charge in [-0.05, 0) is 18.6 Å². The molecule has 2 aromatic heterocycles. The summed E-state index contributed by atoms with van der Waals surface area (Å²) in [6.07, 6.45) is 2.31. The fourth-order valence-corrected chi connectivity index (χ4v) is 3.12. The molecule has 0 saturated carbocycles. The number of nitrogens with one attached hydrogen (secondary N) is 1. The summed E-state index contributed by atoms with van der Waals surface area (Å²) in [5.41, 5.74) is 5.10. The number of primary amides is 1. The Hall–Kier alpha value is -1.44. The highest BCUT2D eigenvalue weighted by molar-refractivity contribution is 7.17. The van der Waals surface area contributed by atoms with Crippen LogP contribution in [0, 0.1) is 0 Å². The van der Waals surface area contributed by atoms with E-state index in [0.717, 1.165) is 16.2 Å². The zero-order valence-corrected chi connectivity index (χ0v) is 12.1. The largest absolute Gasteiger partial charge is 0.365 e. The maximum atomic E-state index is 11.7. The summed E-state index contributed by atoms with van der Waals surface area (Å²) in [7, 11) is 0. The number of anilines is 1. The van der Waals surface area contributed by atoms with Crippen molar-refractivity contribution >= 4 is 51.2 Å². The average Bonchev–Trinajstić information content (AvgIpc) is 2.96. The number of halogens is 1. The van der Waals surface area contributed by atoms with Gasteiger partial charge >= 0.3 is 0 Å². The first-order valence-electron chi connectivity index (χ1n) is 5.34. The van der Waals surface area contributed by atoms with Crippen molar-refractivity contribution in [3.63, 3.8) is 0 Å². The molecular formula is C11H10ClN3O2S2. The molecule has 0 atom stereocenters. The number of aromatic nitrogens is 1. The monoisotopic (exact) mass is 315 g/mol. The minimum absolute atomic E-state index is 0.158. The van der Waals surface area contributed by atoms with Gasteiger partial charge in [0.1, 0.15) is 4.88 Å². The third kappa shape index (κ3) is 4.02. The molecule has 0 aliphatic heterocycles. The summed E-state index contributed by atoms with van der Waals surface area (Å²) in [5.74, 6) is -0.707. The smallest absolute Gasteiger partial charge is 0.260 e. The number of carbonyl (C=O) groups excluding carboxylic acids is 2. The molecule has 0 bridgehead atoms. The first-order valence-corrected chi connectivity index (χ1v) is 7.35. The second kappa shape index (κ2) is 6.14. The van der Waals surface area contributed by atoms with Crippen LogP contribution in [0.25, 0.3) is 0 Å². The zero-order chi connectivity index (χ0) is 13.8. The topological polar surface area (TPSA) is 85.1 Å². The third-order valence-corrected chi connectivity index (χ3v) is 4.44. The number of carbonyl (C=O) groups is 2. The van der Waals surface area contributed by atoms with Crippen LogP contribution in [-0.4, -0.2) is 16.8 Å². The van der Waals surface area contributed by atoms with Gasteiger partial charge in [-0.25, -0.2) is 4.98 Å². The van der Waals surface area contributed by atoms with Gasteiger partial charge in [0.25, 0.3) is 5.91 Å². The lowest BCUT2D eigenvalue weighted by Gasteiger charge is -1.99. The van der Waals surface area contributed by atoms with Gasteiger partial charge in [0.15, 0.2) is 5.13 Å². The normalized spacial score (nSPS) is 10.4. The first-order chi connectivity index (χ1) is 9.04. The SMILES string of the molecule is NC(=O)c1cnc(NC(=O)CCc2ccc(Cl)s2)s1. The van der Waals surface area contributed by atoms with Crippen LogP contribution >= 0.6 is 34.3 Å². The van der Waals surface area contributed by atoms with Crippen molar-refractivity contribution in [2.45, 2.75) is 12.8 Å². The van der Waals surface area contributed by atoms with E-state index in [1.54, 1.807) is 6.07 Å². The highest BCUT2D eigenvalue weighted by Crippen LogP contribution is 2.23. The molecule has 0 aliphatic rings. The summed E-state index contributed by atoms with van der Waals surface area (Å²) in [6, 6.07) is 3.70. The Morgan fingerprint density at radius 2 is 2.16 bits per heavy atom. The van der Waals surface area contributed by atoms with Crippen LogP contribution in [0.15, 0.2) is 18.3 Å². The summed E-state index contributed by atoms with van der Waals surface area (Å²) >= 11 is 8.32. The Labute approximate surface area is 122 Å². The number of aryl methyl sites for hydroxylation is 1. The Balaban J connectivity index is 1.85. The number of amides is 2. The van der Waals surface area contributed by atoms with Crippen molar-refractivity contribution in [2.75, 3.05) is 5.32 Å². The quantitative estimate of drug-likeness (QED) is 0.889. The van der Waals surface area contributed by atoms with Crippen molar-refractivity contribution in [3.8, 4) is 0 Å². The van der Waals surface area contributed by atoms with Gasteiger partial charge in [0.2, 0.25) is 5.91 Å². The molecule has 8 heteroatoms. The van der Waals surface area contributed by atoms with E-state index in [1.165, 1.54) is 17.5 Å². The fourth-order valence-electron chi connectivity index (χ4n) is 1.35. The van der Waals surface area contributed by atoms with E-state index in [9.17, 15) is 9.59 Å². The maximum Gasteiger partial charge on any atom is 0.260 e. The Morgan fingerprint density at radius 1 is 1.37 bits per heavy atom. The van der Waals surface area contributed by atoms with E-state index in [4.69, 9.17) is 17.3 Å². The predicted molar refractivity (Wildman–Crippen MR) is 76.9 cm³/mol. The summed E-state index contributed by atoms with van der Waals surface area (Å²) in [4.78, 5) is 27.8. The fraction of sp³-hybridized carbons (Fsp3) is 0.182. The highest BCUT2D eigenvalue weighted by Gasteiger charge is 2.10. The molecule has 0 aliphatic carbocycles. The van der Waals surface area contributed by atoms with Crippen LogP contribution in [0.4, 0.5) is 5.13 Å². The Kier molecular flexibility index (Phi) is 4.52. The molecule has 0 fully saturated rings. The molecule has 2 aromatic rings. The first kappa shape index (κ1) is 14.0. The van der Waals surface area contributed by atoms with Gasteiger partial charge in [-0.2, -0.15) is 0 Å². The second-order valence-electron chi connectivity index (χ2n) is 3.65. The molecule has 0 unspecified atom stereocenters. The van der Waals surface area contributed by atoms with Crippen LogP contribution in [0.2, 0.25) is 4.34 Å². The van der Waals surface area contributed by atoms with Crippen molar-refractivity contribution in [3.05, 3.63) is 32.4 Å². The highest BCUT2D eigenvalue weighted by atomic mass is 35.5. The molecule has 19 heavy (non-hydrogen) atoms. The lowest BCUT2D eigenvalue weighted by molar-refractivity contribution is -0.116. The molecule has 0 saturated heterocycles. The number of rotatable bonds is 5. The Morgan fingerprint density at radius 3 is 2.74 bits per heavy atom. The van der Waals surface area contributed by atoms with E-state index in [2.05, 4.69) is 10.3 Å². The third-order valence-electron chi connectivity index (χ3n) is 2.22. The molecule has 100 valence electrons. The van der Waals surface area contributed by atoms with Crippen LogP contribution in [0.5, 0.6) is 0 Å². The summed E-state index contributed by atoms with van der Waals surface area (Å²) < 4.78 is 0.710. The van der Waals surface area contributed by atoms with E-state index in [-0.39, 0.29) is 5.91 Å². The standard InChI is InChI=1S/C11H10ClN3O2S2/c12-8-3-1-6(18-8)2-4-9(16)15-11-14-5-7(19-11)10(13)17/h1,3,5H,2,4H2,(H2,13,17)(H,14,15,16). The summed E-state index contributed by atoms with van der Waals surface area (Å²) in [5, 5.41) is 3.00. The van der Waals surface area contributed by atoms with Crippen LogP contribution < -0.4 is 11.1 Å². The van der Waals surface area contributed by atoms with E-state index >= 15 is 0 Å². The molecular weight excluding hydrogens is 306 g/mol. The van der Waals surface area contributed by atoms with Gasteiger partial charge in [-0.3, -0.25) is 9.59 Å². The lowest BCUT2D eigenvalue weighted by Crippen LogP contribution is -2.11. The van der Waals surface area contributed by atoms with Crippen molar-refractivity contribution < 1.29 is 9.59 Å². The van der Waals surface area contributed by atoms with Gasteiger partial charge in [-0.15, -0.1) is 11.3 Å². The van der Waals surface area contributed by atoms with Crippen LogP contribution in [0.1, 0.15) is 21.0 Å². The van der Waals surface area contributed by atoms with Gasteiger partial charge in [-0.1, -0.05) is 22.9 Å². The molecule has 0 aromatic carbocycles. The van der Waals surface area contributed by atoms with Crippen LogP contribution in [0.3, 0.4) is 0 Å². The van der Waals surface area contributed by atoms with Gasteiger partial charge < -0.3 is 11.1 Å². The van der Waals surface area contributed by atoms with E-state index in [1.807, 2.05) is 6.07 Å². The average molecular weight is 316 g/mol. The van der Waals surface area contributed by atoms with Crippen molar-refractivity contribution in [2.24, 2.45) is 5.73 Å². The van der Waals surface area contributed by atoms with E-state index < -0.39 is 5.91 Å². The number of hydrogen-bond acceptors (Lipinski definition) is 5. The molecule has 5 nitrogen and oxygen atoms in total. The minimum atomic E-state index is -0.550. The predicted octanol–water partition coefficient (Wildman–Crippen LogP) is 2.53. The van der Waals surface area contributed by atoms with Gasteiger partial charge in [0, 0.05) is 11.3 Å². The second-order valence-corrected chi connectivity index (χ2v) is 6.48.